The zero-order valence-electron chi connectivity index (χ0n) is 7.59. The maximum absolute atomic E-state index is 5.54. The minimum absolute atomic E-state index is 0.0741. The molecule has 12 heavy (non-hydrogen) atoms. The van der Waals surface area contributed by atoms with E-state index in [1.165, 1.54) is 12.8 Å². The van der Waals surface area contributed by atoms with Crippen molar-refractivity contribution in [3.63, 3.8) is 0 Å². The standard InChI is InChI=1S/C9H17BrO2/c1-8(10)5-7-12-9-4-2-3-6-11-9/h8-9H,2-7H2,1H3. The lowest BCUT2D eigenvalue weighted by atomic mass is 10.2. The third-order valence-corrected chi connectivity index (χ3v) is 2.42. The molecule has 3 heteroatoms. The van der Waals surface area contributed by atoms with Gasteiger partial charge in [0.2, 0.25) is 0 Å². The van der Waals surface area contributed by atoms with E-state index < -0.39 is 0 Å². The Balaban J connectivity index is 1.98. The topological polar surface area (TPSA) is 18.5 Å². The number of ether oxygens (including phenoxy) is 2. The number of rotatable bonds is 4. The fourth-order valence-corrected chi connectivity index (χ4v) is 1.39. The second kappa shape index (κ2) is 5.95. The first kappa shape index (κ1) is 10.5. The molecule has 1 rings (SSSR count). The van der Waals surface area contributed by atoms with Crippen LogP contribution in [0.2, 0.25) is 0 Å². The molecule has 2 atom stereocenters. The summed E-state index contributed by atoms with van der Waals surface area (Å²) in [5.74, 6) is 0. The van der Waals surface area contributed by atoms with Gasteiger partial charge in [0, 0.05) is 11.4 Å². The van der Waals surface area contributed by atoms with Crippen LogP contribution < -0.4 is 0 Å². The lowest BCUT2D eigenvalue weighted by Crippen LogP contribution is -2.23. The van der Waals surface area contributed by atoms with Crippen molar-refractivity contribution < 1.29 is 9.47 Å². The van der Waals surface area contributed by atoms with E-state index in [1.807, 2.05) is 0 Å². The first-order valence-corrected chi connectivity index (χ1v) is 5.58. The van der Waals surface area contributed by atoms with Gasteiger partial charge in [-0.2, -0.15) is 0 Å². The normalized spacial score (nSPS) is 27.0. The van der Waals surface area contributed by atoms with Crippen LogP contribution in [0.4, 0.5) is 0 Å². The molecular formula is C9H17BrO2. The Morgan fingerprint density at radius 2 is 2.42 bits per heavy atom. The van der Waals surface area contributed by atoms with E-state index in [9.17, 15) is 0 Å². The summed E-state index contributed by atoms with van der Waals surface area (Å²) in [4.78, 5) is 0.543. The molecule has 1 aliphatic heterocycles. The van der Waals surface area contributed by atoms with Gasteiger partial charge in [-0.05, 0) is 25.7 Å². The largest absolute Gasteiger partial charge is 0.353 e. The van der Waals surface area contributed by atoms with Crippen molar-refractivity contribution in [3.05, 3.63) is 0 Å². The fourth-order valence-electron chi connectivity index (χ4n) is 1.20. The van der Waals surface area contributed by atoms with Crippen molar-refractivity contribution in [2.45, 2.75) is 43.7 Å². The molecule has 1 aliphatic rings. The third-order valence-electron chi connectivity index (χ3n) is 1.96. The Morgan fingerprint density at radius 3 is 3.00 bits per heavy atom. The Hall–Kier alpha value is 0.400. The van der Waals surface area contributed by atoms with Crippen LogP contribution in [0.15, 0.2) is 0 Å². The van der Waals surface area contributed by atoms with Gasteiger partial charge < -0.3 is 9.47 Å². The van der Waals surface area contributed by atoms with Crippen molar-refractivity contribution >= 4 is 15.9 Å². The molecule has 0 aromatic carbocycles. The lowest BCUT2D eigenvalue weighted by molar-refractivity contribution is -0.162. The predicted molar refractivity (Wildman–Crippen MR) is 52.5 cm³/mol. The van der Waals surface area contributed by atoms with E-state index in [-0.39, 0.29) is 6.29 Å². The Morgan fingerprint density at radius 1 is 1.58 bits per heavy atom. The molecular weight excluding hydrogens is 220 g/mol. The van der Waals surface area contributed by atoms with Gasteiger partial charge in [0.05, 0.1) is 6.61 Å². The van der Waals surface area contributed by atoms with Crippen LogP contribution in [-0.2, 0) is 9.47 Å². The van der Waals surface area contributed by atoms with Gasteiger partial charge in [0.15, 0.2) is 6.29 Å². The first-order chi connectivity index (χ1) is 5.79. The van der Waals surface area contributed by atoms with Gasteiger partial charge in [-0.15, -0.1) is 0 Å². The number of hydrogen-bond acceptors (Lipinski definition) is 2. The molecule has 2 unspecified atom stereocenters. The minimum Gasteiger partial charge on any atom is -0.353 e. The van der Waals surface area contributed by atoms with E-state index >= 15 is 0 Å². The number of hydrogen-bond donors (Lipinski definition) is 0. The molecule has 0 amide bonds. The van der Waals surface area contributed by atoms with Crippen molar-refractivity contribution in [2.24, 2.45) is 0 Å². The average Bonchev–Trinajstić information content (AvgIpc) is 2.05. The Labute approximate surface area is 82.7 Å². The molecule has 0 N–H and O–H groups in total. The molecule has 1 saturated heterocycles. The molecule has 0 aromatic heterocycles. The van der Waals surface area contributed by atoms with Gasteiger partial charge >= 0.3 is 0 Å². The summed E-state index contributed by atoms with van der Waals surface area (Å²) in [5.41, 5.74) is 0. The van der Waals surface area contributed by atoms with E-state index in [0.717, 1.165) is 26.1 Å². The van der Waals surface area contributed by atoms with Crippen LogP contribution in [0.25, 0.3) is 0 Å². The molecule has 0 radical (unpaired) electrons. The molecule has 1 fully saturated rings. The van der Waals surface area contributed by atoms with Crippen LogP contribution in [0.3, 0.4) is 0 Å². The number of halogens is 1. The average molecular weight is 237 g/mol. The monoisotopic (exact) mass is 236 g/mol. The smallest absolute Gasteiger partial charge is 0.157 e. The zero-order valence-corrected chi connectivity index (χ0v) is 9.18. The van der Waals surface area contributed by atoms with Crippen molar-refractivity contribution in [3.8, 4) is 0 Å². The number of alkyl halides is 1. The van der Waals surface area contributed by atoms with Gasteiger partial charge in [-0.3, -0.25) is 0 Å². The lowest BCUT2D eigenvalue weighted by Gasteiger charge is -2.22. The summed E-state index contributed by atoms with van der Waals surface area (Å²) in [6, 6.07) is 0. The van der Waals surface area contributed by atoms with Crippen LogP contribution in [0.1, 0.15) is 32.6 Å². The van der Waals surface area contributed by atoms with Crippen molar-refractivity contribution in [1.82, 2.24) is 0 Å². The molecule has 72 valence electrons. The summed E-state index contributed by atoms with van der Waals surface area (Å²) >= 11 is 3.48. The summed E-state index contributed by atoms with van der Waals surface area (Å²) in [6.07, 6.45) is 4.63. The molecule has 0 aliphatic carbocycles. The van der Waals surface area contributed by atoms with Crippen LogP contribution in [0, 0.1) is 0 Å². The molecule has 1 heterocycles. The van der Waals surface area contributed by atoms with E-state index in [1.54, 1.807) is 0 Å². The highest BCUT2D eigenvalue weighted by atomic mass is 79.9. The quantitative estimate of drug-likeness (QED) is 0.700. The summed E-state index contributed by atoms with van der Waals surface area (Å²) in [7, 11) is 0. The second-order valence-corrected chi connectivity index (χ2v) is 4.80. The highest BCUT2D eigenvalue weighted by Crippen LogP contribution is 2.14. The van der Waals surface area contributed by atoms with Crippen LogP contribution in [-0.4, -0.2) is 24.3 Å². The Kier molecular flexibility index (Phi) is 5.19. The van der Waals surface area contributed by atoms with Crippen molar-refractivity contribution in [2.75, 3.05) is 13.2 Å². The summed E-state index contributed by atoms with van der Waals surface area (Å²) in [5, 5.41) is 0. The minimum atomic E-state index is 0.0741. The molecule has 0 spiro atoms. The highest BCUT2D eigenvalue weighted by Gasteiger charge is 2.13. The third kappa shape index (κ3) is 4.43. The van der Waals surface area contributed by atoms with Gasteiger partial charge in [-0.25, -0.2) is 0 Å². The van der Waals surface area contributed by atoms with E-state index in [2.05, 4.69) is 22.9 Å². The SMILES string of the molecule is CC(Br)CCOC1CCCCO1. The zero-order chi connectivity index (χ0) is 8.81. The first-order valence-electron chi connectivity index (χ1n) is 4.66. The molecule has 0 bridgehead atoms. The highest BCUT2D eigenvalue weighted by molar-refractivity contribution is 9.09. The second-order valence-electron chi connectivity index (χ2n) is 3.24. The van der Waals surface area contributed by atoms with E-state index in [0.29, 0.717) is 4.83 Å². The van der Waals surface area contributed by atoms with Crippen LogP contribution >= 0.6 is 15.9 Å². The van der Waals surface area contributed by atoms with Gasteiger partial charge in [0.25, 0.3) is 0 Å². The van der Waals surface area contributed by atoms with Crippen molar-refractivity contribution in [1.29, 1.82) is 0 Å². The van der Waals surface area contributed by atoms with Gasteiger partial charge in [0.1, 0.15) is 0 Å². The predicted octanol–water partition coefficient (Wildman–Crippen LogP) is 2.70. The summed E-state index contributed by atoms with van der Waals surface area (Å²) < 4.78 is 11.0. The maximum Gasteiger partial charge on any atom is 0.157 e. The molecule has 0 saturated carbocycles. The van der Waals surface area contributed by atoms with Gasteiger partial charge in [-0.1, -0.05) is 22.9 Å². The summed E-state index contributed by atoms with van der Waals surface area (Å²) in [6.45, 7) is 3.80. The molecule has 0 aromatic rings. The molecule has 2 nitrogen and oxygen atoms in total. The van der Waals surface area contributed by atoms with Crippen LogP contribution in [0.5, 0.6) is 0 Å². The Bertz CT molecular complexity index is 111. The fraction of sp³-hybridized carbons (Fsp3) is 1.00. The van der Waals surface area contributed by atoms with E-state index in [4.69, 9.17) is 9.47 Å². The maximum atomic E-state index is 5.54.